The van der Waals surface area contributed by atoms with E-state index in [1.54, 1.807) is 6.92 Å². The molecule has 1 aliphatic carbocycles. The second-order valence-electron chi connectivity index (χ2n) is 6.62. The molecule has 0 aromatic heterocycles. The Hall–Kier alpha value is -1.33. The van der Waals surface area contributed by atoms with Crippen LogP contribution in [0.25, 0.3) is 0 Å². The van der Waals surface area contributed by atoms with Crippen molar-refractivity contribution in [1.82, 2.24) is 0 Å². The van der Waals surface area contributed by atoms with Crippen LogP contribution in [0.3, 0.4) is 0 Å². The van der Waals surface area contributed by atoms with Crippen LogP contribution < -0.4 is 0 Å². The van der Waals surface area contributed by atoms with Crippen LogP contribution in [-0.4, -0.2) is 41.2 Å². The first-order chi connectivity index (χ1) is 11.4. The van der Waals surface area contributed by atoms with E-state index in [4.69, 9.17) is 26.2 Å². The summed E-state index contributed by atoms with van der Waals surface area (Å²) in [6, 6.07) is 0. The van der Waals surface area contributed by atoms with Crippen molar-refractivity contribution in [1.29, 1.82) is 0 Å². The summed E-state index contributed by atoms with van der Waals surface area (Å²) in [6.07, 6.45) is 8.35. The topological polar surface area (TPSA) is 76.1 Å². The lowest BCUT2D eigenvalue weighted by Gasteiger charge is -2.17. The molecule has 0 radical (unpaired) electrons. The number of allylic oxidation sites excluding steroid dienone is 1. The van der Waals surface area contributed by atoms with Crippen molar-refractivity contribution in [3.05, 3.63) is 23.3 Å². The second-order valence-corrected chi connectivity index (χ2v) is 6.93. The molecule has 2 aliphatic rings. The average molecular weight is 357 g/mol. The van der Waals surface area contributed by atoms with Crippen molar-refractivity contribution in [2.75, 3.05) is 5.88 Å². The molecule has 6 heteroatoms. The molecule has 4 unspecified atom stereocenters. The number of hydrogen-bond donors (Lipinski definition) is 1. The molecule has 0 aromatic carbocycles. The van der Waals surface area contributed by atoms with Gasteiger partial charge in [-0.3, -0.25) is 0 Å². The molecule has 0 spiro atoms. The van der Waals surface area contributed by atoms with Crippen LogP contribution in [0, 0.1) is 5.92 Å². The van der Waals surface area contributed by atoms with Gasteiger partial charge in [-0.05, 0) is 45.4 Å². The Morgan fingerprint density at radius 1 is 1.25 bits per heavy atom. The Bertz CT molecular complexity index is 540. The number of esters is 1. The summed E-state index contributed by atoms with van der Waals surface area (Å²) in [5, 5.41) is 8.83. The van der Waals surface area contributed by atoms with Crippen molar-refractivity contribution in [3.63, 3.8) is 0 Å². The maximum absolute atomic E-state index is 12.1. The number of fused-ring (bicyclic) bond motifs is 1. The van der Waals surface area contributed by atoms with E-state index in [1.165, 1.54) is 13.0 Å². The maximum atomic E-state index is 12.1. The van der Waals surface area contributed by atoms with E-state index < -0.39 is 18.0 Å². The molecule has 0 amide bonds. The number of carbonyl (C=O) groups is 2. The van der Waals surface area contributed by atoms with E-state index in [0.29, 0.717) is 30.1 Å². The highest BCUT2D eigenvalue weighted by Gasteiger charge is 2.43. The van der Waals surface area contributed by atoms with E-state index >= 15 is 0 Å². The fourth-order valence-electron chi connectivity index (χ4n) is 2.91. The fraction of sp³-hybridized carbons (Fsp3) is 0.667. The van der Waals surface area contributed by atoms with Crippen LogP contribution in [0.2, 0.25) is 0 Å². The Labute approximate surface area is 147 Å². The molecule has 24 heavy (non-hydrogen) atoms. The predicted molar refractivity (Wildman–Crippen MR) is 91.0 cm³/mol. The highest BCUT2D eigenvalue weighted by Crippen LogP contribution is 2.40. The standard InChI is InChI=1S/C18H25ClO5/c1-11(17(20)21)4-7-14(10-19)23-18(22)12(2)3-5-13-6-8-15-16(9-13)24-15/h3-4,13-16H,5-10H2,1-2H3,(H,20,21). The molecule has 5 nitrogen and oxygen atoms in total. The number of carbonyl (C=O) groups excluding carboxylic acids is 1. The molecule has 2 rings (SSSR count). The van der Waals surface area contributed by atoms with E-state index in [0.717, 1.165) is 25.7 Å². The number of halogens is 1. The number of ether oxygens (including phenoxy) is 2. The van der Waals surface area contributed by atoms with E-state index in [-0.39, 0.29) is 11.5 Å². The van der Waals surface area contributed by atoms with Gasteiger partial charge in [0.25, 0.3) is 0 Å². The summed E-state index contributed by atoms with van der Waals surface area (Å²) in [4.78, 5) is 22.9. The van der Waals surface area contributed by atoms with Gasteiger partial charge < -0.3 is 14.6 Å². The Morgan fingerprint density at radius 3 is 2.62 bits per heavy atom. The number of carboxylic acid groups (broad SMARTS) is 1. The van der Waals surface area contributed by atoms with Gasteiger partial charge in [0.05, 0.1) is 18.1 Å². The van der Waals surface area contributed by atoms with Crippen molar-refractivity contribution >= 4 is 23.5 Å². The van der Waals surface area contributed by atoms with Gasteiger partial charge in [0.2, 0.25) is 0 Å². The lowest BCUT2D eigenvalue weighted by molar-refractivity contribution is -0.143. The summed E-state index contributed by atoms with van der Waals surface area (Å²) >= 11 is 5.81. The Kier molecular flexibility index (Phi) is 6.87. The SMILES string of the molecule is CC(=CCC(CCl)OC(=O)C(C)=CCC1CCC2OC2C1)C(=O)O. The van der Waals surface area contributed by atoms with E-state index in [9.17, 15) is 9.59 Å². The van der Waals surface area contributed by atoms with Crippen LogP contribution in [0.5, 0.6) is 0 Å². The molecule has 0 bridgehead atoms. The fourth-order valence-corrected chi connectivity index (χ4v) is 3.10. The Morgan fingerprint density at radius 2 is 2.00 bits per heavy atom. The molecule has 1 saturated carbocycles. The number of aliphatic carboxylic acids is 1. The van der Waals surface area contributed by atoms with Crippen LogP contribution in [0.4, 0.5) is 0 Å². The number of rotatable bonds is 8. The third kappa shape index (κ3) is 5.64. The lowest BCUT2D eigenvalue weighted by atomic mass is 9.86. The first-order valence-corrected chi connectivity index (χ1v) is 8.93. The van der Waals surface area contributed by atoms with Crippen LogP contribution >= 0.6 is 11.6 Å². The van der Waals surface area contributed by atoms with Crippen molar-refractivity contribution in [3.8, 4) is 0 Å². The van der Waals surface area contributed by atoms with Crippen LogP contribution in [0.1, 0.15) is 46.0 Å². The first-order valence-electron chi connectivity index (χ1n) is 8.40. The van der Waals surface area contributed by atoms with Crippen molar-refractivity contribution in [2.24, 2.45) is 5.92 Å². The Balaban J connectivity index is 1.78. The van der Waals surface area contributed by atoms with Gasteiger partial charge in [-0.25, -0.2) is 9.59 Å². The average Bonchev–Trinajstić information content (AvgIpc) is 3.34. The van der Waals surface area contributed by atoms with Gasteiger partial charge in [0.15, 0.2) is 0 Å². The van der Waals surface area contributed by atoms with Gasteiger partial charge in [0, 0.05) is 17.6 Å². The minimum atomic E-state index is -0.986. The zero-order valence-electron chi connectivity index (χ0n) is 14.2. The normalized spacial score (nSPS) is 28.0. The summed E-state index contributed by atoms with van der Waals surface area (Å²) in [6.45, 7) is 3.24. The minimum absolute atomic E-state index is 0.130. The number of hydrogen-bond acceptors (Lipinski definition) is 4. The monoisotopic (exact) mass is 356 g/mol. The summed E-state index contributed by atoms with van der Waals surface area (Å²) in [7, 11) is 0. The molecular formula is C18H25ClO5. The summed E-state index contributed by atoms with van der Waals surface area (Å²) in [5.41, 5.74) is 0.786. The maximum Gasteiger partial charge on any atom is 0.333 e. The highest BCUT2D eigenvalue weighted by molar-refractivity contribution is 6.18. The number of alkyl halides is 1. The molecule has 4 atom stereocenters. The summed E-state index contributed by atoms with van der Waals surface area (Å²) in [5.74, 6) is -0.675. The first kappa shape index (κ1) is 19.0. The number of epoxide rings is 1. The van der Waals surface area contributed by atoms with Gasteiger partial charge in [-0.15, -0.1) is 11.6 Å². The quantitative estimate of drug-likeness (QED) is 0.312. The predicted octanol–water partition coefficient (Wildman–Crippen LogP) is 3.46. The molecule has 2 fully saturated rings. The molecule has 1 heterocycles. The molecule has 134 valence electrons. The van der Waals surface area contributed by atoms with Crippen LogP contribution in [-0.2, 0) is 19.1 Å². The zero-order chi connectivity index (χ0) is 17.7. The van der Waals surface area contributed by atoms with Gasteiger partial charge in [0.1, 0.15) is 6.10 Å². The van der Waals surface area contributed by atoms with E-state index in [1.807, 2.05) is 6.08 Å². The molecule has 0 aromatic rings. The molecular weight excluding hydrogens is 332 g/mol. The highest BCUT2D eigenvalue weighted by atomic mass is 35.5. The summed E-state index contributed by atoms with van der Waals surface area (Å²) < 4.78 is 10.9. The largest absolute Gasteiger partial charge is 0.478 e. The third-order valence-corrected chi connectivity index (χ3v) is 5.01. The van der Waals surface area contributed by atoms with E-state index in [2.05, 4.69) is 0 Å². The zero-order valence-corrected chi connectivity index (χ0v) is 14.9. The van der Waals surface area contributed by atoms with Gasteiger partial charge >= 0.3 is 11.9 Å². The molecule has 1 saturated heterocycles. The molecule has 1 N–H and O–H groups in total. The minimum Gasteiger partial charge on any atom is -0.478 e. The van der Waals surface area contributed by atoms with Gasteiger partial charge in [-0.1, -0.05) is 12.2 Å². The third-order valence-electron chi connectivity index (χ3n) is 4.66. The van der Waals surface area contributed by atoms with Crippen molar-refractivity contribution < 1.29 is 24.2 Å². The van der Waals surface area contributed by atoms with Crippen molar-refractivity contribution in [2.45, 2.75) is 64.3 Å². The lowest BCUT2D eigenvalue weighted by Crippen LogP contribution is -2.20. The number of carboxylic acids is 1. The second kappa shape index (κ2) is 8.67. The van der Waals surface area contributed by atoms with Crippen LogP contribution in [0.15, 0.2) is 23.3 Å². The molecule has 1 aliphatic heterocycles. The van der Waals surface area contributed by atoms with Gasteiger partial charge in [-0.2, -0.15) is 0 Å². The smallest absolute Gasteiger partial charge is 0.333 e.